The highest BCUT2D eigenvalue weighted by Crippen LogP contribution is 2.37. The molecular formula is C20H17F3N4O4S. The van der Waals surface area contributed by atoms with Gasteiger partial charge in [-0.1, -0.05) is 12.1 Å². The average molecular weight is 466 g/mol. The summed E-state index contributed by atoms with van der Waals surface area (Å²) in [6.45, 7) is -0.860. The van der Waals surface area contributed by atoms with Gasteiger partial charge in [-0.25, -0.2) is 8.42 Å². The van der Waals surface area contributed by atoms with Crippen molar-refractivity contribution < 1.29 is 31.2 Å². The smallest absolute Gasteiger partial charge is 0.341 e. The van der Waals surface area contributed by atoms with Crippen LogP contribution >= 0.6 is 0 Å². The molecule has 168 valence electrons. The number of nitriles is 1. The number of alkyl halides is 3. The third kappa shape index (κ3) is 4.57. The number of halogens is 3. The van der Waals surface area contributed by atoms with Gasteiger partial charge in [0.1, 0.15) is 12.6 Å². The van der Waals surface area contributed by atoms with Crippen molar-refractivity contribution >= 4 is 21.7 Å². The van der Waals surface area contributed by atoms with Gasteiger partial charge in [-0.05, 0) is 30.7 Å². The lowest BCUT2D eigenvalue weighted by Gasteiger charge is -2.23. The van der Waals surface area contributed by atoms with Crippen LogP contribution in [0.2, 0.25) is 0 Å². The van der Waals surface area contributed by atoms with Gasteiger partial charge in [0.15, 0.2) is 9.84 Å². The topological polar surface area (TPSA) is 120 Å². The van der Waals surface area contributed by atoms with Gasteiger partial charge in [-0.15, -0.1) is 0 Å². The van der Waals surface area contributed by atoms with Crippen LogP contribution in [0.3, 0.4) is 0 Å². The number of nitrogens with one attached hydrogen (secondary N) is 1. The Morgan fingerprint density at radius 1 is 1.19 bits per heavy atom. The average Bonchev–Trinajstić information content (AvgIpc) is 3.23. The molecule has 1 aliphatic rings. The van der Waals surface area contributed by atoms with E-state index in [-0.39, 0.29) is 12.1 Å². The van der Waals surface area contributed by atoms with Gasteiger partial charge in [-0.3, -0.25) is 14.6 Å². The number of hydrogen-bond donors (Lipinski definition) is 1. The Hall–Kier alpha value is -3.46. The van der Waals surface area contributed by atoms with Crippen LogP contribution in [0.15, 0.2) is 53.7 Å². The number of pyridine rings is 1. The van der Waals surface area contributed by atoms with Crippen molar-refractivity contribution in [2.75, 3.05) is 13.1 Å². The fraction of sp³-hybridized carbons (Fsp3) is 0.300. The van der Waals surface area contributed by atoms with Gasteiger partial charge >= 0.3 is 6.18 Å². The number of carbonyl (C=O) groups is 2. The number of sulfone groups is 1. The van der Waals surface area contributed by atoms with Gasteiger partial charge in [0, 0.05) is 24.5 Å². The molecule has 2 aromatic rings. The SMILES string of the molecule is N#CCNC(=O)[C@@H]1C[C@@H](S(=O)(=O)c2ccccc2C(F)(F)F)CN1C(=O)c1ccncc1. The molecule has 2 atom stereocenters. The van der Waals surface area contributed by atoms with Crippen LogP contribution in [0, 0.1) is 11.3 Å². The Balaban J connectivity index is 1.99. The molecule has 3 rings (SSSR count). The number of hydrogen-bond acceptors (Lipinski definition) is 6. The molecule has 0 spiro atoms. The third-order valence-electron chi connectivity index (χ3n) is 5.03. The predicted octanol–water partition coefficient (Wildman–Crippen LogP) is 1.80. The van der Waals surface area contributed by atoms with E-state index in [9.17, 15) is 31.2 Å². The standard InChI is InChI=1S/C20H17F3N4O4S/c21-20(22,23)15-3-1-2-4-17(15)32(30,31)14-11-16(18(28)26-10-7-24)27(12-14)19(29)13-5-8-25-9-6-13/h1-6,8-9,14,16H,10-12H2,(H,26,28)/t14-,16+/m1/s1. The molecule has 0 saturated carbocycles. The van der Waals surface area contributed by atoms with Crippen LogP contribution in [0.4, 0.5) is 13.2 Å². The van der Waals surface area contributed by atoms with E-state index in [1.54, 1.807) is 6.07 Å². The molecule has 0 aliphatic carbocycles. The zero-order valence-electron chi connectivity index (χ0n) is 16.4. The molecule has 0 radical (unpaired) electrons. The van der Waals surface area contributed by atoms with Gasteiger partial charge in [0.25, 0.3) is 5.91 Å². The highest BCUT2D eigenvalue weighted by atomic mass is 32.2. The minimum absolute atomic E-state index is 0.131. The van der Waals surface area contributed by atoms with Crippen molar-refractivity contribution in [1.29, 1.82) is 5.26 Å². The van der Waals surface area contributed by atoms with Crippen molar-refractivity contribution in [1.82, 2.24) is 15.2 Å². The molecular weight excluding hydrogens is 449 g/mol. The molecule has 12 heteroatoms. The zero-order valence-corrected chi connectivity index (χ0v) is 17.2. The minimum Gasteiger partial charge on any atom is -0.341 e. The Morgan fingerprint density at radius 2 is 1.84 bits per heavy atom. The number of likely N-dealkylation sites (tertiary alicyclic amines) is 1. The first kappa shape index (κ1) is 23.2. The lowest BCUT2D eigenvalue weighted by atomic mass is 10.1. The fourth-order valence-electron chi connectivity index (χ4n) is 3.53. The number of rotatable bonds is 5. The van der Waals surface area contributed by atoms with E-state index >= 15 is 0 Å². The second-order valence-electron chi connectivity index (χ2n) is 6.98. The van der Waals surface area contributed by atoms with E-state index in [0.717, 1.165) is 17.0 Å². The van der Waals surface area contributed by atoms with Crippen LogP contribution in [0.5, 0.6) is 0 Å². The maximum Gasteiger partial charge on any atom is 0.417 e. The second-order valence-corrected chi connectivity index (χ2v) is 9.18. The molecule has 1 aromatic heterocycles. The Bertz CT molecular complexity index is 1160. The third-order valence-corrected chi connectivity index (χ3v) is 7.22. The summed E-state index contributed by atoms with van der Waals surface area (Å²) in [4.78, 5) is 29.4. The largest absolute Gasteiger partial charge is 0.417 e. The lowest BCUT2D eigenvalue weighted by molar-refractivity contribution is -0.139. The number of carbonyl (C=O) groups excluding carboxylic acids is 2. The Kier molecular flexibility index (Phi) is 6.50. The van der Waals surface area contributed by atoms with Crippen LogP contribution in [-0.2, 0) is 20.8 Å². The van der Waals surface area contributed by atoms with E-state index < -0.39 is 62.5 Å². The molecule has 1 aliphatic heterocycles. The molecule has 0 unspecified atom stereocenters. The molecule has 1 aromatic carbocycles. The molecule has 2 heterocycles. The van der Waals surface area contributed by atoms with Crippen molar-refractivity contribution in [2.45, 2.75) is 28.8 Å². The summed E-state index contributed by atoms with van der Waals surface area (Å²) >= 11 is 0. The number of nitrogens with zero attached hydrogens (tertiary/aromatic N) is 3. The van der Waals surface area contributed by atoms with E-state index in [4.69, 9.17) is 5.26 Å². The van der Waals surface area contributed by atoms with E-state index in [1.165, 1.54) is 30.6 Å². The summed E-state index contributed by atoms with van der Waals surface area (Å²) in [5.41, 5.74) is -1.18. The molecule has 8 nitrogen and oxygen atoms in total. The molecule has 1 fully saturated rings. The first-order chi connectivity index (χ1) is 15.1. The van der Waals surface area contributed by atoms with Crippen molar-refractivity contribution in [2.24, 2.45) is 0 Å². The summed E-state index contributed by atoms with van der Waals surface area (Å²) in [6, 6.07) is 6.94. The van der Waals surface area contributed by atoms with Crippen LogP contribution in [0.1, 0.15) is 22.3 Å². The van der Waals surface area contributed by atoms with Gasteiger partial charge in [-0.2, -0.15) is 18.4 Å². The van der Waals surface area contributed by atoms with E-state index in [2.05, 4.69) is 10.3 Å². The molecule has 1 saturated heterocycles. The molecule has 2 amide bonds. The number of benzene rings is 1. The second kappa shape index (κ2) is 8.96. The molecule has 32 heavy (non-hydrogen) atoms. The summed E-state index contributed by atoms with van der Waals surface area (Å²) in [7, 11) is -4.56. The highest BCUT2D eigenvalue weighted by molar-refractivity contribution is 7.92. The zero-order chi connectivity index (χ0) is 23.5. The first-order valence-corrected chi connectivity index (χ1v) is 10.9. The first-order valence-electron chi connectivity index (χ1n) is 9.33. The summed E-state index contributed by atoms with van der Waals surface area (Å²) < 4.78 is 66.5. The van der Waals surface area contributed by atoms with Crippen LogP contribution < -0.4 is 5.32 Å². The van der Waals surface area contributed by atoms with Crippen molar-refractivity contribution in [3.63, 3.8) is 0 Å². The Labute approximate surface area is 181 Å². The highest BCUT2D eigenvalue weighted by Gasteiger charge is 2.47. The maximum absolute atomic E-state index is 13.4. The van der Waals surface area contributed by atoms with Gasteiger partial charge in [0.05, 0.1) is 21.8 Å². The van der Waals surface area contributed by atoms with E-state index in [1.807, 2.05) is 0 Å². The van der Waals surface area contributed by atoms with Crippen LogP contribution in [-0.4, -0.2) is 54.5 Å². The molecule has 0 bridgehead atoms. The summed E-state index contributed by atoms with van der Waals surface area (Å²) in [5.74, 6) is -1.44. The monoisotopic (exact) mass is 466 g/mol. The van der Waals surface area contributed by atoms with Gasteiger partial charge in [0.2, 0.25) is 5.91 Å². The normalized spacial score (nSPS) is 18.8. The maximum atomic E-state index is 13.4. The van der Waals surface area contributed by atoms with Crippen molar-refractivity contribution in [3.8, 4) is 6.07 Å². The van der Waals surface area contributed by atoms with Gasteiger partial charge < -0.3 is 10.2 Å². The quantitative estimate of drug-likeness (QED) is 0.671. The Morgan fingerprint density at radius 3 is 2.47 bits per heavy atom. The predicted molar refractivity (Wildman–Crippen MR) is 105 cm³/mol. The summed E-state index contributed by atoms with van der Waals surface area (Å²) in [6.07, 6.45) is -2.65. The minimum atomic E-state index is -4.90. The number of aromatic nitrogens is 1. The summed E-state index contributed by atoms with van der Waals surface area (Å²) in [5, 5.41) is 9.52. The van der Waals surface area contributed by atoms with E-state index in [0.29, 0.717) is 6.07 Å². The fourth-order valence-corrected chi connectivity index (χ4v) is 5.44. The van der Waals surface area contributed by atoms with Crippen molar-refractivity contribution in [3.05, 3.63) is 59.9 Å². The van der Waals surface area contributed by atoms with Crippen LogP contribution in [0.25, 0.3) is 0 Å². The number of amides is 2. The molecule has 1 N–H and O–H groups in total. The lowest BCUT2D eigenvalue weighted by Crippen LogP contribution is -2.46.